The second-order valence-electron chi connectivity index (χ2n) is 6.77. The van der Waals surface area contributed by atoms with Crippen LogP contribution in [0.5, 0.6) is 0 Å². The molecule has 1 unspecified atom stereocenters. The molecule has 3 rings (SSSR count). The zero-order valence-electron chi connectivity index (χ0n) is 12.3. The van der Waals surface area contributed by atoms with E-state index < -0.39 is 0 Å². The Hall–Kier alpha value is -1.36. The summed E-state index contributed by atoms with van der Waals surface area (Å²) < 4.78 is 0. The van der Waals surface area contributed by atoms with Gasteiger partial charge in [0, 0.05) is 24.6 Å². The highest BCUT2D eigenvalue weighted by Crippen LogP contribution is 2.37. The van der Waals surface area contributed by atoms with Gasteiger partial charge in [-0.25, -0.2) is 4.98 Å². The summed E-state index contributed by atoms with van der Waals surface area (Å²) in [6, 6.07) is 1.98. The molecule has 1 aliphatic heterocycles. The molecule has 110 valence electrons. The van der Waals surface area contributed by atoms with Crippen LogP contribution in [-0.4, -0.2) is 29.1 Å². The lowest BCUT2D eigenvalue weighted by molar-refractivity contribution is 0.188. The molecule has 0 spiro atoms. The minimum Gasteiger partial charge on any atom is -0.368 e. The van der Waals surface area contributed by atoms with E-state index in [-0.39, 0.29) is 11.0 Å². The number of piperidine rings is 1. The second-order valence-corrected chi connectivity index (χ2v) is 6.77. The number of nitrogens with one attached hydrogen (secondary N) is 3. The average Bonchev–Trinajstić information content (AvgIpc) is 3.20. The maximum Gasteiger partial charge on any atom is 0.252 e. The Morgan fingerprint density at radius 2 is 2.25 bits per heavy atom. The zero-order valence-corrected chi connectivity index (χ0v) is 12.3. The summed E-state index contributed by atoms with van der Waals surface area (Å²) in [7, 11) is 0. The van der Waals surface area contributed by atoms with Gasteiger partial charge in [0.2, 0.25) is 0 Å². The van der Waals surface area contributed by atoms with Crippen molar-refractivity contribution < 1.29 is 0 Å². The first-order chi connectivity index (χ1) is 9.54. The summed E-state index contributed by atoms with van der Waals surface area (Å²) in [5.74, 6) is 2.02. The molecule has 5 nitrogen and oxygen atoms in total. The van der Waals surface area contributed by atoms with Gasteiger partial charge in [-0.1, -0.05) is 13.8 Å². The molecular weight excluding hydrogens is 252 g/mol. The molecule has 3 N–H and O–H groups in total. The third kappa shape index (κ3) is 3.03. The van der Waals surface area contributed by atoms with Crippen LogP contribution in [0.4, 0.5) is 5.82 Å². The molecule has 0 bridgehead atoms. The normalized spacial score (nSPS) is 25.4. The van der Waals surface area contributed by atoms with Crippen LogP contribution in [0.25, 0.3) is 0 Å². The van der Waals surface area contributed by atoms with E-state index in [0.29, 0.717) is 17.8 Å². The van der Waals surface area contributed by atoms with E-state index >= 15 is 0 Å². The van der Waals surface area contributed by atoms with Crippen molar-refractivity contribution in [1.82, 2.24) is 15.3 Å². The van der Waals surface area contributed by atoms with Crippen LogP contribution in [0.2, 0.25) is 0 Å². The number of H-pyrrole nitrogens is 1. The lowest BCUT2D eigenvalue weighted by Gasteiger charge is -2.39. The van der Waals surface area contributed by atoms with E-state index in [9.17, 15) is 4.79 Å². The highest BCUT2D eigenvalue weighted by molar-refractivity contribution is 5.34. The lowest BCUT2D eigenvalue weighted by Crippen LogP contribution is -2.50. The van der Waals surface area contributed by atoms with Crippen molar-refractivity contribution in [3.05, 3.63) is 22.2 Å². The van der Waals surface area contributed by atoms with Crippen LogP contribution < -0.4 is 16.2 Å². The first kappa shape index (κ1) is 13.6. The van der Waals surface area contributed by atoms with Crippen molar-refractivity contribution in [2.45, 2.75) is 51.5 Å². The van der Waals surface area contributed by atoms with Crippen molar-refractivity contribution in [3.63, 3.8) is 0 Å². The molecule has 2 fully saturated rings. The number of nitrogens with zero attached hydrogens (tertiary/aromatic N) is 1. The molecule has 20 heavy (non-hydrogen) atoms. The summed E-state index contributed by atoms with van der Waals surface area (Å²) in [6.45, 7) is 6.48. The largest absolute Gasteiger partial charge is 0.368 e. The van der Waals surface area contributed by atoms with Crippen LogP contribution in [-0.2, 0) is 0 Å². The van der Waals surface area contributed by atoms with Gasteiger partial charge in [-0.2, -0.15) is 0 Å². The maximum absolute atomic E-state index is 11.7. The number of aromatic nitrogens is 2. The van der Waals surface area contributed by atoms with Crippen LogP contribution >= 0.6 is 0 Å². The average molecular weight is 276 g/mol. The number of hydrogen-bond donors (Lipinski definition) is 3. The van der Waals surface area contributed by atoms with Crippen molar-refractivity contribution in [1.29, 1.82) is 0 Å². The van der Waals surface area contributed by atoms with Gasteiger partial charge in [0.05, 0.1) is 0 Å². The fraction of sp³-hybridized carbons (Fsp3) is 0.733. The third-order valence-corrected chi connectivity index (χ3v) is 4.54. The van der Waals surface area contributed by atoms with E-state index in [4.69, 9.17) is 0 Å². The molecule has 1 aliphatic carbocycles. The van der Waals surface area contributed by atoms with Gasteiger partial charge in [0.1, 0.15) is 11.6 Å². The number of rotatable bonds is 4. The van der Waals surface area contributed by atoms with Gasteiger partial charge in [-0.15, -0.1) is 0 Å². The summed E-state index contributed by atoms with van der Waals surface area (Å²) in [4.78, 5) is 19.0. The molecule has 0 amide bonds. The Morgan fingerprint density at radius 1 is 1.45 bits per heavy atom. The number of anilines is 1. The number of aromatic amines is 1. The van der Waals surface area contributed by atoms with Crippen molar-refractivity contribution in [2.24, 2.45) is 5.41 Å². The third-order valence-electron chi connectivity index (χ3n) is 4.54. The number of hydrogen-bond acceptors (Lipinski definition) is 4. The van der Waals surface area contributed by atoms with E-state index in [2.05, 4.69) is 34.4 Å². The molecule has 5 heteroatoms. The minimum atomic E-state index is -0.0553. The van der Waals surface area contributed by atoms with Crippen LogP contribution in [0.3, 0.4) is 0 Å². The van der Waals surface area contributed by atoms with Crippen molar-refractivity contribution in [2.75, 3.05) is 18.4 Å². The van der Waals surface area contributed by atoms with Crippen LogP contribution in [0.1, 0.15) is 51.3 Å². The molecule has 0 radical (unpaired) electrons. The van der Waals surface area contributed by atoms with Gasteiger partial charge >= 0.3 is 0 Å². The fourth-order valence-corrected chi connectivity index (χ4v) is 2.94. The first-order valence-electron chi connectivity index (χ1n) is 7.63. The second kappa shape index (κ2) is 5.20. The Morgan fingerprint density at radius 3 is 2.95 bits per heavy atom. The Kier molecular flexibility index (Phi) is 3.54. The van der Waals surface area contributed by atoms with Gasteiger partial charge in [-0.3, -0.25) is 4.79 Å². The van der Waals surface area contributed by atoms with E-state index in [1.54, 1.807) is 6.07 Å². The summed E-state index contributed by atoms with van der Waals surface area (Å²) in [6.07, 6.45) is 4.76. The Balaban J connectivity index is 1.67. The van der Waals surface area contributed by atoms with Crippen LogP contribution in [0.15, 0.2) is 10.9 Å². The highest BCUT2D eigenvalue weighted by atomic mass is 16.1. The first-order valence-corrected chi connectivity index (χ1v) is 7.63. The Bertz CT molecular complexity index is 533. The molecule has 2 aliphatic rings. The zero-order chi connectivity index (χ0) is 14.2. The van der Waals surface area contributed by atoms with Crippen molar-refractivity contribution >= 4 is 5.82 Å². The molecule has 1 aromatic heterocycles. The van der Waals surface area contributed by atoms with E-state index in [0.717, 1.165) is 31.8 Å². The summed E-state index contributed by atoms with van der Waals surface area (Å²) in [5, 5.41) is 6.91. The van der Waals surface area contributed by atoms with Gasteiger partial charge < -0.3 is 15.6 Å². The lowest BCUT2D eigenvalue weighted by atomic mass is 9.77. The summed E-state index contributed by atoms with van der Waals surface area (Å²) >= 11 is 0. The quantitative estimate of drug-likeness (QED) is 0.785. The fourth-order valence-electron chi connectivity index (χ4n) is 2.94. The van der Waals surface area contributed by atoms with Crippen LogP contribution in [0, 0.1) is 5.41 Å². The highest BCUT2D eigenvalue weighted by Gasteiger charge is 2.32. The molecule has 1 saturated heterocycles. The van der Waals surface area contributed by atoms with E-state index in [1.165, 1.54) is 12.8 Å². The molecule has 0 aromatic carbocycles. The molecule has 1 saturated carbocycles. The molecular formula is C15H24N4O. The minimum absolute atomic E-state index is 0.0553. The predicted molar refractivity (Wildman–Crippen MR) is 80.1 cm³/mol. The predicted octanol–water partition coefficient (Wildman–Crippen LogP) is 1.84. The van der Waals surface area contributed by atoms with Gasteiger partial charge in [0.25, 0.3) is 5.56 Å². The molecule has 1 aromatic rings. The van der Waals surface area contributed by atoms with E-state index in [1.807, 2.05) is 0 Å². The monoisotopic (exact) mass is 276 g/mol. The smallest absolute Gasteiger partial charge is 0.252 e. The Labute approximate surface area is 119 Å². The molecule has 2 heterocycles. The van der Waals surface area contributed by atoms with Crippen molar-refractivity contribution in [3.8, 4) is 0 Å². The SMILES string of the molecule is CC1(C)CCCNC1CNc1cc(=O)[nH]c(C2CC2)n1. The molecule has 1 atom stereocenters. The summed E-state index contributed by atoms with van der Waals surface area (Å²) in [5.41, 5.74) is 0.228. The maximum atomic E-state index is 11.7. The van der Waals surface area contributed by atoms with Gasteiger partial charge in [-0.05, 0) is 37.6 Å². The van der Waals surface area contributed by atoms with Gasteiger partial charge in [0.15, 0.2) is 0 Å². The standard InChI is InChI=1S/C15H24N4O/c1-15(2)6-3-7-16-11(15)9-17-12-8-13(20)19-14(18-12)10-4-5-10/h8,10-11,16H,3-7,9H2,1-2H3,(H2,17,18,19,20). The topological polar surface area (TPSA) is 69.8 Å².